The minimum Gasteiger partial charge on any atom is -0.469 e. The average Bonchev–Trinajstić information content (AvgIpc) is 2.89. The molecule has 92 valence electrons. The normalized spacial score (nSPS) is 10.2. The number of nitrogens with one attached hydrogen (secondary N) is 1. The smallest absolute Gasteiger partial charge is 0.127 e. The van der Waals surface area contributed by atoms with Gasteiger partial charge in [0.1, 0.15) is 11.6 Å². The number of nitriles is 1. The molecule has 0 aliphatic heterocycles. The summed E-state index contributed by atoms with van der Waals surface area (Å²) in [7, 11) is 0. The summed E-state index contributed by atoms with van der Waals surface area (Å²) >= 11 is 0. The van der Waals surface area contributed by atoms with Crippen molar-refractivity contribution in [3.05, 3.63) is 59.3 Å². The number of rotatable bonds is 5. The Balaban J connectivity index is 1.85. The molecule has 3 nitrogen and oxygen atoms in total. The molecule has 0 spiro atoms. The molecule has 0 saturated heterocycles. The van der Waals surface area contributed by atoms with Gasteiger partial charge in [0.15, 0.2) is 0 Å². The van der Waals surface area contributed by atoms with E-state index in [1.54, 1.807) is 12.3 Å². The number of benzene rings is 1. The Morgan fingerprint density at radius 1 is 1.33 bits per heavy atom. The van der Waals surface area contributed by atoms with Crippen LogP contribution >= 0.6 is 0 Å². The van der Waals surface area contributed by atoms with Crippen LogP contribution in [0.4, 0.5) is 4.39 Å². The van der Waals surface area contributed by atoms with Crippen molar-refractivity contribution in [2.24, 2.45) is 0 Å². The second kappa shape index (κ2) is 5.99. The number of halogens is 1. The number of hydrogen-bond donors (Lipinski definition) is 1. The fourth-order valence-corrected chi connectivity index (χ4v) is 1.67. The summed E-state index contributed by atoms with van der Waals surface area (Å²) in [5, 5.41) is 11.9. The third kappa shape index (κ3) is 3.19. The van der Waals surface area contributed by atoms with Gasteiger partial charge in [0.25, 0.3) is 0 Å². The van der Waals surface area contributed by atoms with Gasteiger partial charge in [-0.15, -0.1) is 0 Å². The summed E-state index contributed by atoms with van der Waals surface area (Å²) in [5.74, 6) is 0.605. The van der Waals surface area contributed by atoms with Gasteiger partial charge in [0.2, 0.25) is 0 Å². The summed E-state index contributed by atoms with van der Waals surface area (Å²) in [5.41, 5.74) is 0.979. The molecule has 0 aliphatic carbocycles. The number of nitrogens with zero attached hydrogens (tertiary/aromatic N) is 1. The van der Waals surface area contributed by atoms with Crippen molar-refractivity contribution in [3.63, 3.8) is 0 Å². The van der Waals surface area contributed by atoms with Crippen LogP contribution in [0.15, 0.2) is 41.0 Å². The molecule has 0 fully saturated rings. The third-order valence-electron chi connectivity index (χ3n) is 2.62. The predicted octanol–water partition coefficient (Wildman–Crippen LogP) is 2.62. The van der Waals surface area contributed by atoms with Crippen LogP contribution in [0.5, 0.6) is 0 Å². The van der Waals surface area contributed by atoms with E-state index in [0.717, 1.165) is 12.2 Å². The van der Waals surface area contributed by atoms with Gasteiger partial charge in [-0.2, -0.15) is 5.26 Å². The van der Waals surface area contributed by atoms with Gasteiger partial charge in [0.05, 0.1) is 17.9 Å². The lowest BCUT2D eigenvalue weighted by atomic mass is 10.1. The van der Waals surface area contributed by atoms with E-state index < -0.39 is 0 Å². The summed E-state index contributed by atoms with van der Waals surface area (Å²) in [6.07, 6.45) is 2.39. The minimum atomic E-state index is -0.292. The fourth-order valence-electron chi connectivity index (χ4n) is 1.67. The van der Waals surface area contributed by atoms with E-state index >= 15 is 0 Å². The summed E-state index contributed by atoms with van der Waals surface area (Å²) in [6, 6.07) is 10.1. The molecule has 0 aliphatic rings. The molecule has 2 aromatic rings. The van der Waals surface area contributed by atoms with Gasteiger partial charge >= 0.3 is 0 Å². The van der Waals surface area contributed by atoms with Gasteiger partial charge in [0, 0.05) is 25.1 Å². The summed E-state index contributed by atoms with van der Waals surface area (Å²) in [4.78, 5) is 0. The zero-order valence-electron chi connectivity index (χ0n) is 9.82. The Morgan fingerprint density at radius 3 is 2.94 bits per heavy atom. The molecule has 1 N–H and O–H groups in total. The highest BCUT2D eigenvalue weighted by atomic mass is 19.1. The molecule has 0 amide bonds. The van der Waals surface area contributed by atoms with Gasteiger partial charge in [-0.3, -0.25) is 0 Å². The zero-order chi connectivity index (χ0) is 12.8. The maximum Gasteiger partial charge on any atom is 0.127 e. The van der Waals surface area contributed by atoms with Crippen LogP contribution in [0.3, 0.4) is 0 Å². The SMILES string of the molecule is N#Cc1ccc(F)c(CNCCc2ccco2)c1. The quantitative estimate of drug-likeness (QED) is 0.822. The van der Waals surface area contributed by atoms with Crippen molar-refractivity contribution in [2.75, 3.05) is 6.54 Å². The molecule has 0 bridgehead atoms. The molecule has 0 saturated carbocycles. The Labute approximate surface area is 105 Å². The lowest BCUT2D eigenvalue weighted by Crippen LogP contribution is -2.17. The van der Waals surface area contributed by atoms with E-state index in [9.17, 15) is 4.39 Å². The molecule has 1 aromatic heterocycles. The lowest BCUT2D eigenvalue weighted by molar-refractivity contribution is 0.497. The fraction of sp³-hybridized carbons (Fsp3) is 0.214. The van der Waals surface area contributed by atoms with Crippen LogP contribution in [0.1, 0.15) is 16.9 Å². The van der Waals surface area contributed by atoms with Gasteiger partial charge < -0.3 is 9.73 Å². The van der Waals surface area contributed by atoms with Crippen LogP contribution in [-0.4, -0.2) is 6.54 Å². The molecule has 1 heterocycles. The molecule has 0 atom stereocenters. The highest BCUT2D eigenvalue weighted by molar-refractivity contribution is 5.33. The van der Waals surface area contributed by atoms with Crippen LogP contribution in [0, 0.1) is 17.1 Å². The third-order valence-corrected chi connectivity index (χ3v) is 2.62. The standard InChI is InChI=1S/C14H13FN2O/c15-14-4-3-11(9-16)8-12(14)10-17-6-5-13-2-1-7-18-13/h1-4,7-8,17H,5-6,10H2. The van der Waals surface area contributed by atoms with Gasteiger partial charge in [-0.05, 0) is 30.3 Å². The maximum atomic E-state index is 13.4. The molecule has 1 aromatic carbocycles. The minimum absolute atomic E-state index is 0.292. The monoisotopic (exact) mass is 244 g/mol. The second-order valence-electron chi connectivity index (χ2n) is 3.92. The van der Waals surface area contributed by atoms with Crippen molar-refractivity contribution in [1.82, 2.24) is 5.32 Å². The zero-order valence-corrected chi connectivity index (χ0v) is 9.82. The Hall–Kier alpha value is -2.12. The van der Waals surface area contributed by atoms with Crippen molar-refractivity contribution in [1.29, 1.82) is 5.26 Å². The molecule has 2 rings (SSSR count). The van der Waals surface area contributed by atoms with E-state index in [0.29, 0.717) is 24.2 Å². The van der Waals surface area contributed by atoms with Gasteiger partial charge in [-0.25, -0.2) is 4.39 Å². The van der Waals surface area contributed by atoms with Crippen LogP contribution < -0.4 is 5.32 Å². The highest BCUT2D eigenvalue weighted by Gasteiger charge is 2.03. The van der Waals surface area contributed by atoms with Crippen molar-refractivity contribution in [2.45, 2.75) is 13.0 Å². The first kappa shape index (κ1) is 12.3. The molecular weight excluding hydrogens is 231 g/mol. The highest BCUT2D eigenvalue weighted by Crippen LogP contribution is 2.09. The van der Waals surface area contributed by atoms with Crippen LogP contribution in [-0.2, 0) is 13.0 Å². The predicted molar refractivity (Wildman–Crippen MR) is 65.2 cm³/mol. The maximum absolute atomic E-state index is 13.4. The Kier molecular flexibility index (Phi) is 4.11. The molecular formula is C14H13FN2O. The molecule has 18 heavy (non-hydrogen) atoms. The van der Waals surface area contributed by atoms with E-state index in [2.05, 4.69) is 5.32 Å². The van der Waals surface area contributed by atoms with Crippen LogP contribution in [0.25, 0.3) is 0 Å². The topological polar surface area (TPSA) is 49.0 Å². The van der Waals surface area contributed by atoms with E-state index in [4.69, 9.17) is 9.68 Å². The van der Waals surface area contributed by atoms with Crippen molar-refractivity contribution >= 4 is 0 Å². The Bertz CT molecular complexity index is 543. The summed E-state index contributed by atoms with van der Waals surface area (Å²) in [6.45, 7) is 1.10. The average molecular weight is 244 g/mol. The van der Waals surface area contributed by atoms with E-state index in [1.165, 1.54) is 12.1 Å². The largest absolute Gasteiger partial charge is 0.469 e. The lowest BCUT2D eigenvalue weighted by Gasteiger charge is -2.05. The van der Waals surface area contributed by atoms with Crippen molar-refractivity contribution in [3.8, 4) is 6.07 Å². The van der Waals surface area contributed by atoms with Gasteiger partial charge in [-0.1, -0.05) is 0 Å². The Morgan fingerprint density at radius 2 is 2.22 bits per heavy atom. The first-order valence-electron chi connectivity index (χ1n) is 5.71. The van der Waals surface area contributed by atoms with E-state index in [-0.39, 0.29) is 5.82 Å². The molecule has 0 radical (unpaired) electrons. The first-order chi connectivity index (χ1) is 8.79. The number of furan rings is 1. The molecule has 4 heteroatoms. The first-order valence-corrected chi connectivity index (χ1v) is 5.71. The number of hydrogen-bond acceptors (Lipinski definition) is 3. The van der Waals surface area contributed by atoms with Crippen LogP contribution in [0.2, 0.25) is 0 Å². The second-order valence-corrected chi connectivity index (χ2v) is 3.92. The van der Waals surface area contributed by atoms with E-state index in [1.807, 2.05) is 18.2 Å². The molecule has 0 unspecified atom stereocenters. The summed E-state index contributed by atoms with van der Waals surface area (Å²) < 4.78 is 18.6. The van der Waals surface area contributed by atoms with Crippen molar-refractivity contribution < 1.29 is 8.81 Å².